The molecule has 1 N–H and O–H groups in total. The van der Waals surface area contributed by atoms with Crippen molar-refractivity contribution in [1.82, 2.24) is 5.32 Å². The summed E-state index contributed by atoms with van der Waals surface area (Å²) >= 11 is 0. The van der Waals surface area contributed by atoms with Crippen molar-refractivity contribution in [2.75, 3.05) is 0 Å². The Morgan fingerprint density at radius 2 is 1.93 bits per heavy atom. The number of rotatable bonds is 3. The summed E-state index contributed by atoms with van der Waals surface area (Å²) in [5.41, 5.74) is 3.00. The van der Waals surface area contributed by atoms with Gasteiger partial charge in [0.25, 0.3) is 0 Å². The lowest BCUT2D eigenvalue weighted by Crippen LogP contribution is -2.39. The SMILES string of the molecule is CC1=C(C(=O)OC2CCCC2)C(c2cccc(F)c2)C2=C(CC(C)(C)CC2=O)N1. The van der Waals surface area contributed by atoms with Gasteiger partial charge >= 0.3 is 5.97 Å². The van der Waals surface area contributed by atoms with Crippen LogP contribution in [-0.4, -0.2) is 17.9 Å². The minimum Gasteiger partial charge on any atom is -0.459 e. The van der Waals surface area contributed by atoms with Crippen LogP contribution in [0, 0.1) is 11.2 Å². The number of carbonyl (C=O) groups excluding carboxylic acids is 2. The molecule has 1 fully saturated rings. The summed E-state index contributed by atoms with van der Waals surface area (Å²) in [4.78, 5) is 26.4. The van der Waals surface area contributed by atoms with Gasteiger partial charge in [-0.2, -0.15) is 0 Å². The molecule has 154 valence electrons. The first-order valence-corrected chi connectivity index (χ1v) is 10.5. The summed E-state index contributed by atoms with van der Waals surface area (Å²) in [6.07, 6.45) is 4.90. The van der Waals surface area contributed by atoms with Gasteiger partial charge in [0.15, 0.2) is 5.78 Å². The fourth-order valence-electron chi connectivity index (χ4n) is 4.95. The first-order valence-electron chi connectivity index (χ1n) is 10.5. The molecule has 1 aliphatic heterocycles. The van der Waals surface area contributed by atoms with Crippen LogP contribution in [-0.2, 0) is 14.3 Å². The monoisotopic (exact) mass is 397 g/mol. The lowest BCUT2D eigenvalue weighted by atomic mass is 9.68. The second-order valence-corrected chi connectivity index (χ2v) is 9.30. The van der Waals surface area contributed by atoms with Crippen molar-refractivity contribution in [1.29, 1.82) is 0 Å². The quantitative estimate of drug-likeness (QED) is 0.736. The number of dihydropyridines is 1. The number of hydrogen-bond donors (Lipinski definition) is 1. The van der Waals surface area contributed by atoms with E-state index in [0.29, 0.717) is 35.2 Å². The molecule has 4 rings (SSSR count). The van der Waals surface area contributed by atoms with Crippen LogP contribution in [0.4, 0.5) is 4.39 Å². The maximum Gasteiger partial charge on any atom is 0.337 e. The number of nitrogens with one attached hydrogen (secondary N) is 1. The fraction of sp³-hybridized carbons (Fsp3) is 0.500. The zero-order valence-electron chi connectivity index (χ0n) is 17.3. The zero-order valence-corrected chi connectivity index (χ0v) is 17.3. The summed E-state index contributed by atoms with van der Waals surface area (Å²) in [5.74, 6) is -1.37. The summed E-state index contributed by atoms with van der Waals surface area (Å²) in [5, 5.41) is 3.32. The van der Waals surface area contributed by atoms with Gasteiger partial charge in [-0.3, -0.25) is 4.79 Å². The lowest BCUT2D eigenvalue weighted by molar-refractivity contribution is -0.144. The van der Waals surface area contributed by atoms with E-state index in [-0.39, 0.29) is 23.1 Å². The maximum atomic E-state index is 14.1. The van der Waals surface area contributed by atoms with Crippen LogP contribution in [0.1, 0.15) is 70.8 Å². The van der Waals surface area contributed by atoms with Crippen LogP contribution in [0.25, 0.3) is 0 Å². The number of ketones is 1. The van der Waals surface area contributed by atoms with Gasteiger partial charge in [0.05, 0.1) is 5.57 Å². The van der Waals surface area contributed by atoms with Gasteiger partial charge in [-0.1, -0.05) is 26.0 Å². The number of carbonyl (C=O) groups is 2. The predicted molar refractivity (Wildman–Crippen MR) is 108 cm³/mol. The van der Waals surface area contributed by atoms with Gasteiger partial charge in [-0.25, -0.2) is 9.18 Å². The molecule has 0 radical (unpaired) electrons. The summed E-state index contributed by atoms with van der Waals surface area (Å²) in [6, 6.07) is 6.20. The second kappa shape index (κ2) is 7.43. The Hall–Kier alpha value is -2.43. The highest BCUT2D eigenvalue weighted by molar-refractivity contribution is 6.04. The highest BCUT2D eigenvalue weighted by Crippen LogP contribution is 2.47. The molecule has 4 nitrogen and oxygen atoms in total. The van der Waals surface area contributed by atoms with Crippen molar-refractivity contribution in [2.45, 2.75) is 71.3 Å². The third-order valence-electron chi connectivity index (χ3n) is 6.22. The van der Waals surface area contributed by atoms with Gasteiger partial charge in [0, 0.05) is 29.3 Å². The minimum atomic E-state index is -0.598. The van der Waals surface area contributed by atoms with Crippen LogP contribution in [0.2, 0.25) is 0 Å². The number of hydrogen-bond acceptors (Lipinski definition) is 4. The van der Waals surface area contributed by atoms with E-state index in [1.165, 1.54) is 12.1 Å². The number of Topliss-reactive ketones (excluding diaryl/α,β-unsaturated/α-hetero) is 1. The molecule has 1 saturated carbocycles. The van der Waals surface area contributed by atoms with E-state index < -0.39 is 11.9 Å². The van der Waals surface area contributed by atoms with E-state index in [4.69, 9.17) is 4.74 Å². The van der Waals surface area contributed by atoms with Crippen LogP contribution in [0.15, 0.2) is 46.8 Å². The Kier molecular flexibility index (Phi) is 5.09. The third kappa shape index (κ3) is 3.87. The van der Waals surface area contributed by atoms with E-state index in [1.807, 2.05) is 6.92 Å². The highest BCUT2D eigenvalue weighted by Gasteiger charge is 2.43. The first kappa shape index (κ1) is 19.9. The van der Waals surface area contributed by atoms with Crippen LogP contribution >= 0.6 is 0 Å². The average molecular weight is 397 g/mol. The second-order valence-electron chi connectivity index (χ2n) is 9.30. The number of halogens is 1. The molecule has 1 unspecified atom stereocenters. The Morgan fingerprint density at radius 1 is 1.21 bits per heavy atom. The molecule has 1 atom stereocenters. The normalized spacial score (nSPS) is 24.4. The third-order valence-corrected chi connectivity index (χ3v) is 6.22. The molecule has 1 aromatic carbocycles. The molecule has 0 saturated heterocycles. The number of allylic oxidation sites excluding steroid dienone is 3. The molecule has 1 heterocycles. The van der Waals surface area contributed by atoms with Crippen molar-refractivity contribution in [2.24, 2.45) is 5.41 Å². The van der Waals surface area contributed by atoms with Crippen LogP contribution in [0.3, 0.4) is 0 Å². The largest absolute Gasteiger partial charge is 0.459 e. The van der Waals surface area contributed by atoms with Gasteiger partial charge in [-0.15, -0.1) is 0 Å². The molecule has 2 aliphatic carbocycles. The van der Waals surface area contributed by atoms with Crippen molar-refractivity contribution in [3.8, 4) is 0 Å². The lowest BCUT2D eigenvalue weighted by Gasteiger charge is -2.39. The van der Waals surface area contributed by atoms with Gasteiger partial charge < -0.3 is 10.1 Å². The smallest absolute Gasteiger partial charge is 0.337 e. The molecular formula is C24H28FNO3. The molecule has 5 heteroatoms. The molecule has 0 amide bonds. The molecule has 29 heavy (non-hydrogen) atoms. The van der Waals surface area contributed by atoms with Crippen LogP contribution < -0.4 is 5.32 Å². The van der Waals surface area contributed by atoms with E-state index in [1.54, 1.807) is 12.1 Å². The van der Waals surface area contributed by atoms with Gasteiger partial charge in [0.1, 0.15) is 11.9 Å². The van der Waals surface area contributed by atoms with Crippen molar-refractivity contribution >= 4 is 11.8 Å². The Balaban J connectivity index is 1.79. The topological polar surface area (TPSA) is 55.4 Å². The fourth-order valence-corrected chi connectivity index (χ4v) is 4.95. The zero-order chi connectivity index (χ0) is 20.8. The predicted octanol–water partition coefficient (Wildman–Crippen LogP) is 4.92. The molecule has 0 bridgehead atoms. The Morgan fingerprint density at radius 3 is 2.62 bits per heavy atom. The van der Waals surface area contributed by atoms with E-state index in [0.717, 1.165) is 31.4 Å². The number of benzene rings is 1. The number of ether oxygens (including phenoxy) is 1. The average Bonchev–Trinajstić information content (AvgIpc) is 3.12. The first-order chi connectivity index (χ1) is 13.7. The van der Waals surface area contributed by atoms with Crippen molar-refractivity contribution in [3.05, 3.63) is 58.2 Å². The van der Waals surface area contributed by atoms with E-state index >= 15 is 0 Å². The summed E-state index contributed by atoms with van der Waals surface area (Å²) < 4.78 is 19.9. The molecule has 0 aromatic heterocycles. The van der Waals surface area contributed by atoms with Gasteiger partial charge in [-0.05, 0) is 62.1 Å². The highest BCUT2D eigenvalue weighted by atomic mass is 19.1. The molecule has 1 aromatic rings. The van der Waals surface area contributed by atoms with Crippen LogP contribution in [0.5, 0.6) is 0 Å². The standard InChI is InChI=1S/C24H28FNO3/c1-14-20(23(28)29-17-9-4-5-10-17)21(15-7-6-8-16(25)11-15)22-18(26-14)12-24(2,3)13-19(22)27/h6-8,11,17,21,26H,4-5,9-10,12-13H2,1-3H3. The van der Waals surface area contributed by atoms with E-state index in [9.17, 15) is 14.0 Å². The van der Waals surface area contributed by atoms with Gasteiger partial charge in [0.2, 0.25) is 0 Å². The summed E-state index contributed by atoms with van der Waals surface area (Å²) in [7, 11) is 0. The Labute approximate surface area is 171 Å². The number of esters is 1. The van der Waals surface area contributed by atoms with E-state index in [2.05, 4.69) is 19.2 Å². The molecule has 0 spiro atoms. The van der Waals surface area contributed by atoms with Crippen molar-refractivity contribution in [3.63, 3.8) is 0 Å². The Bertz CT molecular complexity index is 922. The maximum absolute atomic E-state index is 14.1. The molecule has 3 aliphatic rings. The summed E-state index contributed by atoms with van der Waals surface area (Å²) in [6.45, 7) is 5.97. The molecular weight excluding hydrogens is 369 g/mol. The minimum absolute atomic E-state index is 0.0108. The van der Waals surface area contributed by atoms with Crippen molar-refractivity contribution < 1.29 is 18.7 Å².